The summed E-state index contributed by atoms with van der Waals surface area (Å²) in [6, 6.07) is 12.4. The van der Waals surface area contributed by atoms with Gasteiger partial charge in [-0.2, -0.15) is 0 Å². The van der Waals surface area contributed by atoms with Gasteiger partial charge in [0.15, 0.2) is 0 Å². The maximum Gasteiger partial charge on any atom is 0.341 e. The highest BCUT2D eigenvalue weighted by Gasteiger charge is 2.23. The van der Waals surface area contributed by atoms with E-state index in [1.807, 2.05) is 0 Å². The number of halogens is 2. The molecule has 9 heteroatoms. The van der Waals surface area contributed by atoms with Gasteiger partial charge in [-0.25, -0.2) is 9.18 Å². The molecule has 6 nitrogen and oxygen atoms in total. The van der Waals surface area contributed by atoms with Crippen LogP contribution in [0.15, 0.2) is 62.8 Å². The molecule has 31 heavy (non-hydrogen) atoms. The summed E-state index contributed by atoms with van der Waals surface area (Å²) in [6.45, 7) is 0. The Morgan fingerprint density at radius 1 is 1.16 bits per heavy atom. The number of esters is 1. The Labute approximate surface area is 187 Å². The number of hydrogen-bond acceptors (Lipinski definition) is 6. The van der Waals surface area contributed by atoms with Crippen molar-refractivity contribution in [3.63, 3.8) is 0 Å². The number of anilines is 1. The Kier molecular flexibility index (Phi) is 5.71. The number of nitrogens with one attached hydrogen (secondary N) is 2. The van der Waals surface area contributed by atoms with Gasteiger partial charge >= 0.3 is 5.97 Å². The van der Waals surface area contributed by atoms with Crippen molar-refractivity contribution in [2.75, 3.05) is 12.4 Å². The molecule has 0 radical (unpaired) electrons. The third kappa shape index (κ3) is 4.14. The van der Waals surface area contributed by atoms with Crippen LogP contribution in [0.25, 0.3) is 22.1 Å². The van der Waals surface area contributed by atoms with Crippen LogP contribution in [-0.2, 0) is 4.74 Å². The van der Waals surface area contributed by atoms with E-state index in [1.165, 1.54) is 31.4 Å². The van der Waals surface area contributed by atoms with E-state index in [-0.39, 0.29) is 21.7 Å². The Bertz CT molecular complexity index is 1380. The van der Waals surface area contributed by atoms with Crippen molar-refractivity contribution in [2.24, 2.45) is 0 Å². The third-order valence-corrected chi connectivity index (χ3v) is 5.92. The number of methoxy groups -OCH3 is 1. The van der Waals surface area contributed by atoms with Gasteiger partial charge in [0.1, 0.15) is 27.5 Å². The largest absolute Gasteiger partial charge is 0.465 e. The van der Waals surface area contributed by atoms with Crippen LogP contribution in [0.2, 0.25) is 0 Å². The SMILES string of the molecule is COC(=O)c1c(-c2ccc(F)cc2)csc1NC(=O)c1cc2cc(Br)ccc2oc1=N. The Morgan fingerprint density at radius 3 is 2.61 bits per heavy atom. The number of ether oxygens (including phenoxy) is 1. The molecule has 0 aliphatic rings. The number of hydrogen-bond donors (Lipinski definition) is 2. The molecular formula is C22H14BrFN2O4S. The first-order valence-corrected chi connectivity index (χ1v) is 10.6. The molecule has 4 aromatic rings. The summed E-state index contributed by atoms with van der Waals surface area (Å²) in [7, 11) is 1.24. The van der Waals surface area contributed by atoms with E-state index in [2.05, 4.69) is 21.2 Å². The smallest absolute Gasteiger partial charge is 0.341 e. The number of amides is 1. The first kappa shape index (κ1) is 21.0. The van der Waals surface area contributed by atoms with E-state index in [0.717, 1.165) is 15.8 Å². The zero-order valence-corrected chi connectivity index (χ0v) is 18.4. The van der Waals surface area contributed by atoms with Gasteiger partial charge in [0, 0.05) is 20.8 Å². The van der Waals surface area contributed by atoms with Crippen molar-refractivity contribution < 1.29 is 23.1 Å². The average Bonchev–Trinajstić information content (AvgIpc) is 3.16. The maximum atomic E-state index is 13.3. The predicted molar refractivity (Wildman–Crippen MR) is 119 cm³/mol. The maximum absolute atomic E-state index is 13.3. The lowest BCUT2D eigenvalue weighted by Gasteiger charge is -2.08. The van der Waals surface area contributed by atoms with Gasteiger partial charge in [-0.1, -0.05) is 28.1 Å². The highest BCUT2D eigenvalue weighted by Crippen LogP contribution is 2.36. The molecule has 2 aromatic carbocycles. The fraction of sp³-hybridized carbons (Fsp3) is 0.0455. The molecule has 156 valence electrons. The lowest BCUT2D eigenvalue weighted by atomic mass is 10.0. The third-order valence-electron chi connectivity index (χ3n) is 4.54. The number of fused-ring (bicyclic) bond motifs is 1. The van der Waals surface area contributed by atoms with Gasteiger partial charge < -0.3 is 14.5 Å². The van der Waals surface area contributed by atoms with Gasteiger partial charge in [0.05, 0.1) is 7.11 Å². The van der Waals surface area contributed by atoms with Crippen molar-refractivity contribution >= 4 is 55.1 Å². The normalized spacial score (nSPS) is 10.8. The second-order valence-electron chi connectivity index (χ2n) is 6.48. The van der Waals surface area contributed by atoms with Crippen LogP contribution in [0.5, 0.6) is 0 Å². The first-order valence-electron chi connectivity index (χ1n) is 8.92. The van der Waals surface area contributed by atoms with Crippen molar-refractivity contribution in [1.29, 1.82) is 5.41 Å². The van der Waals surface area contributed by atoms with E-state index in [1.54, 1.807) is 29.6 Å². The molecule has 0 bridgehead atoms. The van der Waals surface area contributed by atoms with Crippen LogP contribution in [0.1, 0.15) is 20.7 Å². The van der Waals surface area contributed by atoms with Gasteiger partial charge in [0.25, 0.3) is 5.91 Å². The van der Waals surface area contributed by atoms with Crippen molar-refractivity contribution in [3.05, 3.63) is 80.9 Å². The molecule has 4 rings (SSSR count). The van der Waals surface area contributed by atoms with E-state index in [9.17, 15) is 14.0 Å². The molecular weight excluding hydrogens is 487 g/mol. The summed E-state index contributed by atoms with van der Waals surface area (Å²) in [5.74, 6) is -1.65. The topological polar surface area (TPSA) is 92.4 Å². The van der Waals surface area contributed by atoms with Crippen LogP contribution < -0.4 is 10.9 Å². The van der Waals surface area contributed by atoms with Crippen LogP contribution >= 0.6 is 27.3 Å². The first-order chi connectivity index (χ1) is 14.9. The molecule has 0 saturated carbocycles. The Balaban J connectivity index is 1.74. The van der Waals surface area contributed by atoms with Gasteiger partial charge in [-0.05, 0) is 42.0 Å². The number of benzene rings is 2. The monoisotopic (exact) mass is 500 g/mol. The highest BCUT2D eigenvalue weighted by atomic mass is 79.9. The number of thiophene rings is 1. The fourth-order valence-corrected chi connectivity index (χ4v) is 4.38. The molecule has 2 heterocycles. The summed E-state index contributed by atoms with van der Waals surface area (Å²) in [5, 5.41) is 13.3. The lowest BCUT2D eigenvalue weighted by Crippen LogP contribution is -2.21. The van der Waals surface area contributed by atoms with Crippen molar-refractivity contribution in [3.8, 4) is 11.1 Å². The Morgan fingerprint density at radius 2 is 1.90 bits per heavy atom. The van der Waals surface area contributed by atoms with Gasteiger partial charge in [-0.15, -0.1) is 11.3 Å². The van der Waals surface area contributed by atoms with Crippen LogP contribution in [0, 0.1) is 11.2 Å². The number of carbonyl (C=O) groups excluding carboxylic acids is 2. The van der Waals surface area contributed by atoms with Crippen LogP contribution in [0.3, 0.4) is 0 Å². The summed E-state index contributed by atoms with van der Waals surface area (Å²) in [4.78, 5) is 25.4. The molecule has 0 spiro atoms. The summed E-state index contributed by atoms with van der Waals surface area (Å²) < 4.78 is 24.4. The molecule has 2 aromatic heterocycles. The zero-order valence-electron chi connectivity index (χ0n) is 16.0. The summed E-state index contributed by atoms with van der Waals surface area (Å²) in [6.07, 6.45) is 0. The molecule has 0 unspecified atom stereocenters. The van der Waals surface area contributed by atoms with Crippen LogP contribution in [0.4, 0.5) is 9.39 Å². The minimum Gasteiger partial charge on any atom is -0.465 e. The molecule has 0 saturated heterocycles. The molecule has 0 fully saturated rings. The molecule has 2 N–H and O–H groups in total. The number of rotatable bonds is 4. The van der Waals surface area contributed by atoms with Crippen molar-refractivity contribution in [1.82, 2.24) is 0 Å². The number of carbonyl (C=O) groups is 2. The van der Waals surface area contributed by atoms with Crippen molar-refractivity contribution in [2.45, 2.75) is 0 Å². The lowest BCUT2D eigenvalue weighted by molar-refractivity contribution is 0.0603. The summed E-state index contributed by atoms with van der Waals surface area (Å²) >= 11 is 4.49. The predicted octanol–water partition coefficient (Wildman–Crippen LogP) is 5.58. The minimum atomic E-state index is -0.644. The van der Waals surface area contributed by atoms with Gasteiger partial charge in [-0.3, -0.25) is 10.2 Å². The Hall–Kier alpha value is -3.30. The highest BCUT2D eigenvalue weighted by molar-refractivity contribution is 9.10. The van der Waals surface area contributed by atoms with Crippen LogP contribution in [-0.4, -0.2) is 19.0 Å². The molecule has 0 aliphatic carbocycles. The molecule has 1 amide bonds. The summed E-state index contributed by atoms with van der Waals surface area (Å²) in [5.41, 5.74) is 1.44. The fourth-order valence-electron chi connectivity index (χ4n) is 3.05. The molecule has 0 aliphatic heterocycles. The standard InChI is InChI=1S/C22H14BrFN2O4S/c1-29-22(28)18-16(11-2-5-14(24)6-3-11)10-31-21(18)26-20(27)15-9-12-8-13(23)4-7-17(12)30-19(15)25/h2-10,25H,1H3,(H,26,27). The second kappa shape index (κ2) is 8.44. The van der Waals surface area contributed by atoms with Gasteiger partial charge in [0.2, 0.25) is 5.55 Å². The van der Waals surface area contributed by atoms with E-state index in [0.29, 0.717) is 22.1 Å². The second-order valence-corrected chi connectivity index (χ2v) is 8.27. The van der Waals surface area contributed by atoms with E-state index in [4.69, 9.17) is 14.6 Å². The van der Waals surface area contributed by atoms with E-state index >= 15 is 0 Å². The van der Waals surface area contributed by atoms with E-state index < -0.39 is 17.7 Å². The quantitative estimate of drug-likeness (QED) is 0.357. The molecule has 0 atom stereocenters. The average molecular weight is 501 g/mol. The zero-order chi connectivity index (χ0) is 22.1. The minimum absolute atomic E-state index is 0.0122.